The van der Waals surface area contributed by atoms with Gasteiger partial charge in [-0.05, 0) is 12.0 Å². The van der Waals surface area contributed by atoms with Crippen molar-refractivity contribution in [2.24, 2.45) is 11.7 Å². The van der Waals surface area contributed by atoms with Crippen LogP contribution in [0.1, 0.15) is 25.6 Å². The Morgan fingerprint density at radius 3 is 2.33 bits per heavy atom. The molecule has 0 radical (unpaired) electrons. The van der Waals surface area contributed by atoms with Gasteiger partial charge in [0.1, 0.15) is 5.82 Å². The first-order chi connectivity index (χ1) is 5.75. The van der Waals surface area contributed by atoms with E-state index in [2.05, 4.69) is 23.8 Å². The maximum atomic E-state index is 5.63. The van der Waals surface area contributed by atoms with Crippen LogP contribution in [-0.4, -0.2) is 16.5 Å². The number of nitrogens with zero attached hydrogens (tertiary/aromatic N) is 2. The maximum absolute atomic E-state index is 5.63. The molecule has 0 aliphatic carbocycles. The van der Waals surface area contributed by atoms with E-state index in [1.807, 2.05) is 6.07 Å². The second kappa shape index (κ2) is 4.16. The standard InChI is InChI=1S/C9H15N3/c1-7(2)8(6-10)9-11-4-3-5-12-9/h3-5,7-8H,6,10H2,1-2H3. The Labute approximate surface area is 73.0 Å². The Morgan fingerprint density at radius 2 is 1.92 bits per heavy atom. The molecule has 0 fully saturated rings. The second-order valence-electron chi connectivity index (χ2n) is 3.19. The molecule has 12 heavy (non-hydrogen) atoms. The van der Waals surface area contributed by atoms with Gasteiger partial charge in [-0.1, -0.05) is 13.8 Å². The lowest BCUT2D eigenvalue weighted by Crippen LogP contribution is -2.19. The summed E-state index contributed by atoms with van der Waals surface area (Å²) in [7, 11) is 0. The number of nitrogens with two attached hydrogens (primary N) is 1. The zero-order valence-electron chi connectivity index (χ0n) is 7.57. The summed E-state index contributed by atoms with van der Waals surface area (Å²) in [6.45, 7) is 4.88. The molecule has 1 rings (SSSR count). The molecule has 1 aromatic heterocycles. The van der Waals surface area contributed by atoms with Crippen molar-refractivity contribution in [1.82, 2.24) is 9.97 Å². The summed E-state index contributed by atoms with van der Waals surface area (Å²) in [5.74, 6) is 1.64. The molecule has 0 aromatic carbocycles. The molecule has 0 amide bonds. The van der Waals surface area contributed by atoms with Gasteiger partial charge < -0.3 is 5.73 Å². The summed E-state index contributed by atoms with van der Waals surface area (Å²) < 4.78 is 0. The Hall–Kier alpha value is -0.960. The number of hydrogen-bond donors (Lipinski definition) is 1. The van der Waals surface area contributed by atoms with Crippen LogP contribution in [0.3, 0.4) is 0 Å². The minimum Gasteiger partial charge on any atom is -0.330 e. The number of rotatable bonds is 3. The highest BCUT2D eigenvalue weighted by Crippen LogP contribution is 2.18. The smallest absolute Gasteiger partial charge is 0.132 e. The Kier molecular flexibility index (Phi) is 3.17. The van der Waals surface area contributed by atoms with E-state index in [4.69, 9.17) is 5.73 Å². The molecule has 0 saturated carbocycles. The van der Waals surface area contributed by atoms with E-state index in [0.717, 1.165) is 5.82 Å². The molecule has 0 saturated heterocycles. The highest BCUT2D eigenvalue weighted by molar-refractivity contribution is 4.98. The van der Waals surface area contributed by atoms with E-state index in [9.17, 15) is 0 Å². The molecule has 3 nitrogen and oxygen atoms in total. The van der Waals surface area contributed by atoms with Gasteiger partial charge in [0.25, 0.3) is 0 Å². The van der Waals surface area contributed by atoms with E-state index >= 15 is 0 Å². The first kappa shape index (κ1) is 9.13. The van der Waals surface area contributed by atoms with Crippen molar-refractivity contribution < 1.29 is 0 Å². The van der Waals surface area contributed by atoms with Crippen LogP contribution in [-0.2, 0) is 0 Å². The third kappa shape index (κ3) is 2.01. The van der Waals surface area contributed by atoms with Crippen molar-refractivity contribution in [2.45, 2.75) is 19.8 Å². The minimum absolute atomic E-state index is 0.284. The third-order valence-electron chi connectivity index (χ3n) is 1.98. The van der Waals surface area contributed by atoms with Crippen molar-refractivity contribution in [2.75, 3.05) is 6.54 Å². The topological polar surface area (TPSA) is 51.8 Å². The molecule has 66 valence electrons. The maximum Gasteiger partial charge on any atom is 0.132 e. The zero-order chi connectivity index (χ0) is 8.97. The molecule has 0 aliphatic rings. The predicted octanol–water partition coefficient (Wildman–Crippen LogP) is 1.17. The van der Waals surface area contributed by atoms with E-state index in [-0.39, 0.29) is 5.92 Å². The van der Waals surface area contributed by atoms with Crippen LogP contribution in [0.15, 0.2) is 18.5 Å². The van der Waals surface area contributed by atoms with Gasteiger partial charge in [0.15, 0.2) is 0 Å². The SMILES string of the molecule is CC(C)C(CN)c1ncccn1. The fourth-order valence-corrected chi connectivity index (χ4v) is 1.18. The van der Waals surface area contributed by atoms with Crippen LogP contribution < -0.4 is 5.73 Å². The zero-order valence-corrected chi connectivity index (χ0v) is 7.57. The summed E-state index contributed by atoms with van der Waals surface area (Å²) in [5.41, 5.74) is 5.63. The largest absolute Gasteiger partial charge is 0.330 e. The van der Waals surface area contributed by atoms with Crippen LogP contribution in [0.25, 0.3) is 0 Å². The fraction of sp³-hybridized carbons (Fsp3) is 0.556. The molecule has 2 N–H and O–H groups in total. The van der Waals surface area contributed by atoms with Crippen molar-refractivity contribution in [3.8, 4) is 0 Å². The summed E-state index contributed by atoms with van der Waals surface area (Å²) in [4.78, 5) is 8.36. The van der Waals surface area contributed by atoms with Crippen molar-refractivity contribution in [3.63, 3.8) is 0 Å². The van der Waals surface area contributed by atoms with Crippen LogP contribution in [0.5, 0.6) is 0 Å². The Balaban J connectivity index is 2.80. The van der Waals surface area contributed by atoms with Crippen LogP contribution >= 0.6 is 0 Å². The summed E-state index contributed by atoms with van der Waals surface area (Å²) >= 11 is 0. The lowest BCUT2D eigenvalue weighted by Gasteiger charge is -2.16. The Bertz CT molecular complexity index is 220. The summed E-state index contributed by atoms with van der Waals surface area (Å²) in [5, 5.41) is 0. The lowest BCUT2D eigenvalue weighted by atomic mass is 9.95. The van der Waals surface area contributed by atoms with E-state index in [1.165, 1.54) is 0 Å². The Morgan fingerprint density at radius 1 is 1.33 bits per heavy atom. The summed E-state index contributed by atoms with van der Waals surface area (Å²) in [6.07, 6.45) is 3.51. The van der Waals surface area contributed by atoms with Gasteiger partial charge in [0.2, 0.25) is 0 Å². The third-order valence-corrected chi connectivity index (χ3v) is 1.98. The van der Waals surface area contributed by atoms with E-state index < -0.39 is 0 Å². The normalized spacial score (nSPS) is 13.3. The van der Waals surface area contributed by atoms with Gasteiger partial charge in [-0.3, -0.25) is 0 Å². The monoisotopic (exact) mass is 165 g/mol. The first-order valence-corrected chi connectivity index (χ1v) is 4.22. The average molecular weight is 165 g/mol. The molecule has 3 heteroatoms. The van der Waals surface area contributed by atoms with Gasteiger partial charge in [-0.25, -0.2) is 9.97 Å². The highest BCUT2D eigenvalue weighted by Gasteiger charge is 2.15. The quantitative estimate of drug-likeness (QED) is 0.731. The molecule has 1 atom stereocenters. The molecule has 0 bridgehead atoms. The predicted molar refractivity (Wildman–Crippen MR) is 48.7 cm³/mol. The molecule has 1 aromatic rings. The number of hydrogen-bond acceptors (Lipinski definition) is 3. The van der Waals surface area contributed by atoms with Crippen molar-refractivity contribution in [3.05, 3.63) is 24.3 Å². The van der Waals surface area contributed by atoms with Gasteiger partial charge in [-0.15, -0.1) is 0 Å². The summed E-state index contributed by atoms with van der Waals surface area (Å²) in [6, 6.07) is 1.82. The van der Waals surface area contributed by atoms with Crippen molar-refractivity contribution in [1.29, 1.82) is 0 Å². The highest BCUT2D eigenvalue weighted by atomic mass is 14.9. The molecular formula is C9H15N3. The first-order valence-electron chi connectivity index (χ1n) is 4.22. The second-order valence-corrected chi connectivity index (χ2v) is 3.19. The van der Waals surface area contributed by atoms with Crippen LogP contribution in [0.2, 0.25) is 0 Å². The molecule has 0 aliphatic heterocycles. The van der Waals surface area contributed by atoms with Crippen molar-refractivity contribution >= 4 is 0 Å². The van der Waals surface area contributed by atoms with E-state index in [0.29, 0.717) is 12.5 Å². The minimum atomic E-state index is 0.284. The molecule has 1 unspecified atom stereocenters. The van der Waals surface area contributed by atoms with Gasteiger partial charge in [-0.2, -0.15) is 0 Å². The van der Waals surface area contributed by atoms with Gasteiger partial charge in [0.05, 0.1) is 0 Å². The van der Waals surface area contributed by atoms with Gasteiger partial charge in [0, 0.05) is 24.9 Å². The van der Waals surface area contributed by atoms with Crippen LogP contribution in [0, 0.1) is 5.92 Å². The lowest BCUT2D eigenvalue weighted by molar-refractivity contribution is 0.483. The molecule has 0 spiro atoms. The van der Waals surface area contributed by atoms with Crippen LogP contribution in [0.4, 0.5) is 0 Å². The average Bonchev–Trinajstić information content (AvgIpc) is 2.07. The number of aromatic nitrogens is 2. The van der Waals surface area contributed by atoms with E-state index in [1.54, 1.807) is 12.4 Å². The van der Waals surface area contributed by atoms with Gasteiger partial charge >= 0.3 is 0 Å². The fourth-order valence-electron chi connectivity index (χ4n) is 1.18. The molecule has 1 heterocycles. The molecular weight excluding hydrogens is 150 g/mol.